The summed E-state index contributed by atoms with van der Waals surface area (Å²) in [6, 6.07) is -0.668. The fraction of sp³-hybridized carbons (Fsp3) is 1.00. The minimum Gasteiger partial charge on any atom is -0.382 e. The number of ether oxygens (including phenoxy) is 3. The summed E-state index contributed by atoms with van der Waals surface area (Å²) in [6.45, 7) is 3.58. The number of hydrogen-bond acceptors (Lipinski definition) is 5. The molecule has 0 bridgehead atoms. The third-order valence-corrected chi connectivity index (χ3v) is 3.03. The van der Waals surface area contributed by atoms with Gasteiger partial charge in [-0.2, -0.15) is 0 Å². The third kappa shape index (κ3) is 4.70. The van der Waals surface area contributed by atoms with Crippen LogP contribution in [0.15, 0.2) is 0 Å². The lowest BCUT2D eigenvalue weighted by Crippen LogP contribution is -2.37. The van der Waals surface area contributed by atoms with Crippen molar-refractivity contribution in [3.63, 3.8) is 0 Å². The highest BCUT2D eigenvalue weighted by Gasteiger charge is 2.43. The van der Waals surface area contributed by atoms with E-state index in [1.165, 1.54) is 0 Å². The summed E-state index contributed by atoms with van der Waals surface area (Å²) >= 11 is 0. The van der Waals surface area contributed by atoms with Crippen LogP contribution in [0.1, 0.15) is 6.92 Å². The molecule has 1 rings (SSSR count). The zero-order valence-corrected chi connectivity index (χ0v) is 11.1. The molecule has 0 aliphatic carbocycles. The van der Waals surface area contributed by atoms with E-state index in [2.05, 4.69) is 0 Å². The first-order chi connectivity index (χ1) is 7.85. The Bertz CT molecular complexity index is 283. The summed E-state index contributed by atoms with van der Waals surface area (Å²) in [5.74, 6) is 0. The van der Waals surface area contributed by atoms with Crippen LogP contribution in [0.5, 0.6) is 0 Å². The maximum atomic E-state index is 11.3. The number of hydrogen-bond donors (Lipinski definition) is 1. The van der Waals surface area contributed by atoms with Gasteiger partial charge in [-0.15, -0.1) is 0 Å². The van der Waals surface area contributed by atoms with Gasteiger partial charge in [-0.3, -0.25) is 9.09 Å². The van der Waals surface area contributed by atoms with Gasteiger partial charge in [0, 0.05) is 19.8 Å². The smallest absolute Gasteiger partial charge is 0.325 e. The summed E-state index contributed by atoms with van der Waals surface area (Å²) in [5.41, 5.74) is 0. The first-order valence-electron chi connectivity index (χ1n) is 5.35. The molecule has 17 heavy (non-hydrogen) atoms. The van der Waals surface area contributed by atoms with Crippen molar-refractivity contribution in [3.8, 4) is 0 Å². The van der Waals surface area contributed by atoms with Crippen LogP contribution in [0, 0.1) is 0 Å². The van der Waals surface area contributed by atoms with Crippen molar-refractivity contribution in [3.05, 3.63) is 0 Å². The van der Waals surface area contributed by atoms with Gasteiger partial charge in [0.15, 0.2) is 0 Å². The molecule has 2 unspecified atom stereocenters. The van der Waals surface area contributed by atoms with E-state index in [-0.39, 0.29) is 0 Å². The van der Waals surface area contributed by atoms with Crippen molar-refractivity contribution in [2.24, 2.45) is 0 Å². The summed E-state index contributed by atoms with van der Waals surface area (Å²) in [5, 5.41) is 0. The molecule has 0 spiro atoms. The van der Waals surface area contributed by atoms with Gasteiger partial charge in [0.1, 0.15) is 20.1 Å². The van der Waals surface area contributed by atoms with Gasteiger partial charge in [0.05, 0.1) is 19.3 Å². The molecule has 1 aliphatic heterocycles. The highest BCUT2D eigenvalue weighted by Crippen LogP contribution is 2.42. The first kappa shape index (κ1) is 15.2. The second-order valence-corrected chi connectivity index (χ2v) is 5.82. The Labute approximate surface area is 103 Å². The Morgan fingerprint density at radius 3 is 2.59 bits per heavy atom. The Balaban J connectivity index is 2.59. The van der Waals surface area contributed by atoms with Crippen LogP contribution in [0.25, 0.3) is 0 Å². The van der Waals surface area contributed by atoms with Crippen molar-refractivity contribution in [1.29, 1.82) is 0 Å². The van der Waals surface area contributed by atoms with Gasteiger partial charge in [0.2, 0.25) is 0 Å². The molecule has 98 valence electrons. The molecule has 6 nitrogen and oxygen atoms in total. The van der Waals surface area contributed by atoms with Crippen molar-refractivity contribution in [1.82, 2.24) is 0 Å². The topological polar surface area (TPSA) is 74.2 Å². The molecule has 0 amide bonds. The predicted octanol–water partition coefficient (Wildman–Crippen LogP) is 0.132. The fourth-order valence-corrected chi connectivity index (χ4v) is 2.43. The normalized spacial score (nSPS) is 36.9. The summed E-state index contributed by atoms with van der Waals surface area (Å²) < 4.78 is 31.9. The predicted molar refractivity (Wildman–Crippen MR) is 62.3 cm³/mol. The zero-order chi connectivity index (χ0) is 13.1. The van der Waals surface area contributed by atoms with Crippen LogP contribution in [0.3, 0.4) is 0 Å². The summed E-state index contributed by atoms with van der Waals surface area (Å²) in [4.78, 5) is 9.23. The molecular formula is C9H18BO6P. The van der Waals surface area contributed by atoms with Crippen molar-refractivity contribution >= 4 is 15.4 Å². The van der Waals surface area contributed by atoms with Crippen molar-refractivity contribution < 1.29 is 28.2 Å². The van der Waals surface area contributed by atoms with E-state index in [1.807, 2.05) is 0 Å². The summed E-state index contributed by atoms with van der Waals surface area (Å²) in [7, 11) is 3.67. The average Bonchev–Trinajstić information content (AvgIpc) is 2.42. The van der Waals surface area contributed by atoms with E-state index in [9.17, 15) is 9.46 Å². The highest BCUT2D eigenvalue weighted by molar-refractivity contribution is 7.51. The van der Waals surface area contributed by atoms with Gasteiger partial charge >= 0.3 is 7.60 Å². The van der Waals surface area contributed by atoms with E-state index in [0.29, 0.717) is 13.2 Å². The molecule has 1 aliphatic rings. The van der Waals surface area contributed by atoms with Crippen LogP contribution in [-0.4, -0.2) is 64.0 Å². The number of rotatable bonds is 6. The molecule has 0 aromatic heterocycles. The zero-order valence-electron chi connectivity index (χ0n) is 10.2. The standard InChI is InChI=1S/C9H18BO6P/c1-6-7(16-17(3,11)12)8(9(10)15-6)14-5-4-13-2/h6-9H,4-5H2,1-3H3,(H,11,12)/t6-,7?,8+,9-/m1/s1. The Morgan fingerprint density at radius 2 is 2.06 bits per heavy atom. The fourth-order valence-electron chi connectivity index (χ4n) is 1.69. The Kier molecular flexibility index (Phi) is 5.63. The first-order valence-corrected chi connectivity index (χ1v) is 7.38. The molecule has 1 saturated heterocycles. The van der Waals surface area contributed by atoms with Gasteiger partial charge in [-0.05, 0) is 6.92 Å². The summed E-state index contributed by atoms with van der Waals surface area (Å²) in [6.07, 6.45) is -1.61. The van der Waals surface area contributed by atoms with Crippen LogP contribution in [-0.2, 0) is 23.3 Å². The molecule has 8 heteroatoms. The lowest BCUT2D eigenvalue weighted by Gasteiger charge is -2.24. The minimum absolute atomic E-state index is 0.324. The van der Waals surface area contributed by atoms with E-state index < -0.39 is 31.9 Å². The van der Waals surface area contributed by atoms with Crippen LogP contribution in [0.2, 0.25) is 0 Å². The minimum atomic E-state index is -3.60. The molecule has 5 atom stereocenters. The van der Waals surface area contributed by atoms with E-state index in [0.717, 1.165) is 6.66 Å². The molecule has 1 heterocycles. The monoisotopic (exact) mass is 264 g/mol. The molecule has 0 aromatic carbocycles. The van der Waals surface area contributed by atoms with Crippen LogP contribution >= 0.6 is 7.60 Å². The second kappa shape index (κ2) is 6.32. The Morgan fingerprint density at radius 1 is 1.41 bits per heavy atom. The number of methoxy groups -OCH3 is 1. The molecule has 1 N–H and O–H groups in total. The highest BCUT2D eigenvalue weighted by atomic mass is 31.2. The van der Waals surface area contributed by atoms with Gasteiger partial charge in [-0.1, -0.05) is 0 Å². The van der Waals surface area contributed by atoms with Crippen LogP contribution in [0.4, 0.5) is 0 Å². The van der Waals surface area contributed by atoms with Crippen molar-refractivity contribution in [2.45, 2.75) is 31.2 Å². The van der Waals surface area contributed by atoms with E-state index >= 15 is 0 Å². The van der Waals surface area contributed by atoms with Crippen molar-refractivity contribution in [2.75, 3.05) is 27.0 Å². The maximum Gasteiger partial charge on any atom is 0.325 e. The van der Waals surface area contributed by atoms with Gasteiger partial charge in [-0.25, -0.2) is 0 Å². The lowest BCUT2D eigenvalue weighted by molar-refractivity contribution is -0.0316. The molecule has 2 radical (unpaired) electrons. The van der Waals surface area contributed by atoms with Gasteiger partial charge in [0.25, 0.3) is 0 Å². The molecule has 0 saturated carbocycles. The lowest BCUT2D eigenvalue weighted by atomic mass is 9.93. The van der Waals surface area contributed by atoms with Crippen LogP contribution < -0.4 is 0 Å². The van der Waals surface area contributed by atoms with E-state index in [1.54, 1.807) is 14.0 Å². The Hall–Kier alpha value is 0.0949. The van der Waals surface area contributed by atoms with E-state index in [4.69, 9.17) is 26.6 Å². The molecule has 1 fully saturated rings. The maximum absolute atomic E-state index is 11.3. The molecular weight excluding hydrogens is 246 g/mol. The largest absolute Gasteiger partial charge is 0.382 e. The van der Waals surface area contributed by atoms with Gasteiger partial charge < -0.3 is 19.1 Å². The average molecular weight is 264 g/mol. The quantitative estimate of drug-likeness (QED) is 0.417. The molecule has 0 aromatic rings. The second-order valence-electron chi connectivity index (χ2n) is 4.01. The SMILES string of the molecule is [B][C@@H]1O[C@H](C)C(OP(C)(=O)O)[C@@H]1OCCOC. The third-order valence-electron chi connectivity index (χ3n) is 2.40.